The van der Waals surface area contributed by atoms with Crippen molar-refractivity contribution in [1.29, 1.82) is 0 Å². The van der Waals surface area contributed by atoms with E-state index in [1.807, 2.05) is 0 Å². The van der Waals surface area contributed by atoms with Crippen molar-refractivity contribution in [3.05, 3.63) is 0 Å². The zero-order chi connectivity index (χ0) is 17.9. The molecule has 1 atom stereocenters. The molecule has 1 unspecified atom stereocenters. The molecule has 1 N–H and O–H groups in total. The molecule has 0 radical (unpaired) electrons. The molecule has 0 amide bonds. The number of ether oxygens (including phenoxy) is 1. The Morgan fingerprint density at radius 1 is 0.760 bits per heavy atom. The molecule has 0 aliphatic heterocycles. The summed E-state index contributed by atoms with van der Waals surface area (Å²) >= 11 is 0. The van der Waals surface area contributed by atoms with Gasteiger partial charge in [0.1, 0.15) is 6.10 Å². The molecule has 146 valence electrons. The molecule has 0 aliphatic carbocycles. The topological polar surface area (TPSA) is 46.5 Å². The van der Waals surface area contributed by atoms with Gasteiger partial charge in [-0.15, -0.1) is 0 Å². The second kappa shape index (κ2) is 23.5. The Hall–Kier alpha value is 1.48. The summed E-state index contributed by atoms with van der Waals surface area (Å²) in [6.07, 6.45) is 20.4. The number of aliphatic hydroxyl groups excluding tert-OH is 1. The first-order chi connectivity index (χ1) is 11.7. The van der Waals surface area contributed by atoms with E-state index in [4.69, 9.17) is 9.84 Å². The van der Waals surface area contributed by atoms with Crippen LogP contribution in [0, 0.1) is 0 Å². The van der Waals surface area contributed by atoms with Crippen LogP contribution in [0.1, 0.15) is 118 Å². The molecule has 0 spiro atoms. The fourth-order valence-electron chi connectivity index (χ4n) is 2.94. The minimum atomic E-state index is -0.994. The molecular weight excluding hydrogens is 433 g/mol. The van der Waals surface area contributed by atoms with Gasteiger partial charge in [0.2, 0.25) is 0 Å². The Bertz CT molecular complexity index is 276. The van der Waals surface area contributed by atoms with Crippen LogP contribution >= 0.6 is 0 Å². The van der Waals surface area contributed by atoms with Crippen molar-refractivity contribution >= 4 is 5.97 Å². The van der Waals surface area contributed by atoms with Gasteiger partial charge >= 0.3 is 74.9 Å². The maximum absolute atomic E-state index is 11.0. The minimum Gasteiger partial charge on any atom is -1.00 e. The van der Waals surface area contributed by atoms with E-state index >= 15 is 0 Å². The predicted octanol–water partition coefficient (Wildman–Crippen LogP) is 3.29. The van der Waals surface area contributed by atoms with Crippen molar-refractivity contribution in [3.8, 4) is 0 Å². The van der Waals surface area contributed by atoms with E-state index < -0.39 is 12.1 Å². The van der Waals surface area contributed by atoms with Crippen LogP contribution in [0.4, 0.5) is 0 Å². The molecule has 0 saturated carbocycles. The fourth-order valence-corrected chi connectivity index (χ4v) is 2.94. The summed E-state index contributed by atoms with van der Waals surface area (Å²) in [6.45, 7) is 4.16. The third kappa shape index (κ3) is 23.4. The molecule has 0 bridgehead atoms. The Labute approximate surface area is 217 Å². The molecule has 3 nitrogen and oxygen atoms in total. The van der Waals surface area contributed by atoms with E-state index in [0.29, 0.717) is 6.61 Å². The van der Waals surface area contributed by atoms with Gasteiger partial charge in [0, 0.05) is 0 Å². The largest absolute Gasteiger partial charge is 1.00 e. The summed E-state index contributed by atoms with van der Waals surface area (Å²) in [5.41, 5.74) is 0. The Balaban J connectivity index is -0.00000264. The first-order valence-electron chi connectivity index (χ1n) is 10.5. The van der Waals surface area contributed by atoms with Crippen LogP contribution in [0.25, 0.3) is 0 Å². The summed E-state index contributed by atoms with van der Waals surface area (Å²) in [7, 11) is 0. The summed E-state index contributed by atoms with van der Waals surface area (Å²) in [5, 5.41) is 8.98. The van der Waals surface area contributed by atoms with E-state index in [-0.39, 0.29) is 70.3 Å². The van der Waals surface area contributed by atoms with E-state index in [1.54, 1.807) is 0 Å². The van der Waals surface area contributed by atoms with Crippen molar-refractivity contribution in [2.45, 2.75) is 123 Å². The van der Waals surface area contributed by atoms with E-state index in [9.17, 15) is 4.79 Å². The van der Waals surface area contributed by atoms with Crippen molar-refractivity contribution < 1.29 is 85.0 Å². The average Bonchev–Trinajstić information content (AvgIpc) is 2.57. The smallest absolute Gasteiger partial charge is 1.00 e. The van der Waals surface area contributed by atoms with Crippen LogP contribution in [0.5, 0.6) is 0 Å². The number of hydrogen-bond acceptors (Lipinski definition) is 3. The van der Waals surface area contributed by atoms with Gasteiger partial charge in [-0.3, -0.25) is 0 Å². The van der Waals surface area contributed by atoms with Gasteiger partial charge < -0.3 is 11.3 Å². The monoisotopic (exact) mass is 476 g/mol. The molecule has 0 fully saturated rings. The molecule has 0 aromatic rings. The van der Waals surface area contributed by atoms with Gasteiger partial charge in [0.15, 0.2) is 0 Å². The van der Waals surface area contributed by atoms with Crippen LogP contribution < -0.4 is 68.9 Å². The van der Waals surface area contributed by atoms with Crippen LogP contribution in [-0.2, 0) is 9.53 Å². The second-order valence-corrected chi connectivity index (χ2v) is 7.15. The first-order valence-corrected chi connectivity index (χ1v) is 10.5. The molecule has 0 heterocycles. The van der Waals surface area contributed by atoms with Crippen molar-refractivity contribution in [2.75, 3.05) is 6.61 Å². The second-order valence-electron chi connectivity index (χ2n) is 7.15. The maximum Gasteiger partial charge on any atom is 1.00 e. The van der Waals surface area contributed by atoms with Gasteiger partial charge in [0.05, 0.1) is 6.61 Å². The number of rotatable bonds is 18. The quantitative estimate of drug-likeness (QED) is 0.244. The third-order valence-corrected chi connectivity index (χ3v) is 4.58. The average molecular weight is 476 g/mol. The molecule has 0 aromatic heterocycles. The number of hydrogen-bond donors (Lipinski definition) is 1. The number of carbonyl (C=O) groups is 1. The van der Waals surface area contributed by atoms with Crippen LogP contribution in [0.3, 0.4) is 0 Å². The Morgan fingerprint density at radius 2 is 1.08 bits per heavy atom. The van der Waals surface area contributed by atoms with Crippen LogP contribution in [0.15, 0.2) is 0 Å². The number of unbranched alkanes of at least 4 members (excludes halogenated alkanes) is 15. The standard InChI is InChI=1S/C21H42O3.Cs.H/c1-3-4-5-6-7-8-9-10-11-12-13-14-15-16-17-18-19-24-21(23)20(2)22;;/h20,22H,3-19H2,1-2H3;;/q;+1;-1. The van der Waals surface area contributed by atoms with E-state index in [1.165, 1.54) is 96.8 Å². The van der Waals surface area contributed by atoms with Crippen molar-refractivity contribution in [1.82, 2.24) is 0 Å². The summed E-state index contributed by atoms with van der Waals surface area (Å²) in [4.78, 5) is 11.0. The molecule has 0 aliphatic rings. The zero-order valence-corrected chi connectivity index (χ0v) is 23.6. The third-order valence-electron chi connectivity index (χ3n) is 4.58. The molecular formula is C21H43CsO3. The van der Waals surface area contributed by atoms with Gasteiger partial charge in [-0.2, -0.15) is 0 Å². The molecule has 25 heavy (non-hydrogen) atoms. The molecule has 4 heteroatoms. The Kier molecular flexibility index (Phi) is 27.0. The Morgan fingerprint density at radius 3 is 1.40 bits per heavy atom. The van der Waals surface area contributed by atoms with E-state index in [0.717, 1.165) is 12.8 Å². The number of esters is 1. The minimum absolute atomic E-state index is 0. The fraction of sp³-hybridized carbons (Fsp3) is 0.952. The normalized spacial score (nSPS) is 11.8. The van der Waals surface area contributed by atoms with Gasteiger partial charge in [-0.25, -0.2) is 4.79 Å². The van der Waals surface area contributed by atoms with Crippen molar-refractivity contribution in [2.24, 2.45) is 0 Å². The SMILES string of the molecule is CCCCCCCCCCCCCCCCCCOC(=O)C(C)O.[Cs+].[H-]. The predicted molar refractivity (Wildman–Crippen MR) is 103 cm³/mol. The molecule has 0 rings (SSSR count). The summed E-state index contributed by atoms with van der Waals surface area (Å²) in [6, 6.07) is 0. The van der Waals surface area contributed by atoms with Crippen LogP contribution in [-0.4, -0.2) is 23.8 Å². The zero-order valence-electron chi connectivity index (χ0n) is 18.4. The molecule has 0 aromatic carbocycles. The first kappa shape index (κ1) is 28.7. The van der Waals surface area contributed by atoms with Crippen LogP contribution in [0.2, 0.25) is 0 Å². The number of carbonyl (C=O) groups excluding carboxylic acids is 1. The van der Waals surface area contributed by atoms with Crippen molar-refractivity contribution in [3.63, 3.8) is 0 Å². The van der Waals surface area contributed by atoms with E-state index in [2.05, 4.69) is 6.92 Å². The van der Waals surface area contributed by atoms with Gasteiger partial charge in [0.25, 0.3) is 0 Å². The maximum atomic E-state index is 11.0. The summed E-state index contributed by atoms with van der Waals surface area (Å²) < 4.78 is 4.93. The molecule has 0 saturated heterocycles. The summed E-state index contributed by atoms with van der Waals surface area (Å²) in [5.74, 6) is -0.504. The van der Waals surface area contributed by atoms with Gasteiger partial charge in [-0.05, 0) is 13.3 Å². The van der Waals surface area contributed by atoms with Gasteiger partial charge in [-0.1, -0.05) is 103 Å². The number of aliphatic hydroxyl groups is 1.